The second-order valence-electron chi connectivity index (χ2n) is 3.17. The van der Waals surface area contributed by atoms with Crippen LogP contribution < -0.4 is 11.1 Å². The van der Waals surface area contributed by atoms with E-state index in [4.69, 9.17) is 33.7 Å². The van der Waals surface area contributed by atoms with Gasteiger partial charge in [0.2, 0.25) is 5.91 Å². The first-order valence-corrected chi connectivity index (χ1v) is 5.52. The average Bonchev–Trinajstić information content (AvgIpc) is 2.32. The van der Waals surface area contributed by atoms with Gasteiger partial charge in [0.1, 0.15) is 11.3 Å². The van der Waals surface area contributed by atoms with Crippen molar-refractivity contribution >= 4 is 34.9 Å². The third kappa shape index (κ3) is 4.08. The number of carbonyl (C=O) groups is 1. The van der Waals surface area contributed by atoms with Crippen LogP contribution in [-0.2, 0) is 9.53 Å². The van der Waals surface area contributed by atoms with Crippen LogP contribution in [0.1, 0.15) is 6.42 Å². The van der Waals surface area contributed by atoms with Gasteiger partial charge in [0.15, 0.2) is 11.0 Å². The Morgan fingerprint density at radius 1 is 1.59 bits per heavy atom. The van der Waals surface area contributed by atoms with Crippen LogP contribution in [0, 0.1) is 0 Å². The Morgan fingerprint density at radius 2 is 2.29 bits per heavy atom. The Balaban J connectivity index is 2.65. The second kappa shape index (κ2) is 6.70. The van der Waals surface area contributed by atoms with Crippen molar-refractivity contribution in [1.29, 1.82) is 0 Å². The summed E-state index contributed by atoms with van der Waals surface area (Å²) in [5.74, 6) is -0.137. The number of anilines is 1. The summed E-state index contributed by atoms with van der Waals surface area (Å²) < 4.78 is 4.98. The molecule has 1 aromatic heterocycles. The molecule has 1 rings (SSSR count). The molecule has 0 fully saturated rings. The van der Waals surface area contributed by atoms with Crippen molar-refractivity contribution in [2.75, 3.05) is 19.0 Å². The second-order valence-corrected chi connectivity index (χ2v) is 3.91. The fourth-order valence-electron chi connectivity index (χ4n) is 1.09. The van der Waals surface area contributed by atoms with Crippen LogP contribution >= 0.6 is 23.2 Å². The van der Waals surface area contributed by atoms with E-state index in [9.17, 15) is 4.79 Å². The minimum atomic E-state index is -0.342. The standard InChI is InChI=1S/C9H12Cl2N4O2/c1-17-5(3-12)2-6(16)15-9-7(10)8(11)13-4-14-9/h4-5H,2-3,12H2,1H3,(H,13,14,15,16). The normalized spacial score (nSPS) is 12.2. The topological polar surface area (TPSA) is 90.1 Å². The number of hydrogen-bond donors (Lipinski definition) is 2. The van der Waals surface area contributed by atoms with Crippen molar-refractivity contribution in [3.63, 3.8) is 0 Å². The number of nitrogens with zero attached hydrogens (tertiary/aromatic N) is 2. The van der Waals surface area contributed by atoms with Crippen molar-refractivity contribution in [2.24, 2.45) is 5.73 Å². The van der Waals surface area contributed by atoms with Crippen LogP contribution in [0.3, 0.4) is 0 Å². The zero-order valence-corrected chi connectivity index (χ0v) is 10.6. The summed E-state index contributed by atoms with van der Waals surface area (Å²) >= 11 is 11.5. The van der Waals surface area contributed by atoms with Gasteiger partial charge in [0.25, 0.3) is 0 Å². The molecule has 1 aromatic rings. The lowest BCUT2D eigenvalue weighted by atomic mass is 10.2. The zero-order valence-electron chi connectivity index (χ0n) is 9.11. The predicted molar refractivity (Wildman–Crippen MR) is 65.2 cm³/mol. The molecule has 17 heavy (non-hydrogen) atoms. The number of rotatable bonds is 5. The maximum atomic E-state index is 11.6. The number of hydrogen-bond acceptors (Lipinski definition) is 5. The summed E-state index contributed by atoms with van der Waals surface area (Å²) in [6.07, 6.45) is 0.983. The van der Waals surface area contributed by atoms with Crippen LogP contribution in [0.2, 0.25) is 10.2 Å². The molecule has 1 unspecified atom stereocenters. The fraction of sp³-hybridized carbons (Fsp3) is 0.444. The van der Waals surface area contributed by atoms with Crippen LogP contribution in [-0.4, -0.2) is 35.6 Å². The molecule has 1 amide bonds. The van der Waals surface area contributed by atoms with E-state index in [1.54, 1.807) is 0 Å². The number of ether oxygens (including phenoxy) is 1. The lowest BCUT2D eigenvalue weighted by Crippen LogP contribution is -2.28. The van der Waals surface area contributed by atoms with E-state index >= 15 is 0 Å². The molecular formula is C9H12Cl2N4O2. The summed E-state index contributed by atoms with van der Waals surface area (Å²) in [6, 6.07) is 0. The first-order chi connectivity index (χ1) is 8.08. The Labute approximate surface area is 108 Å². The molecule has 0 aliphatic rings. The average molecular weight is 279 g/mol. The Hall–Kier alpha value is -0.950. The third-order valence-electron chi connectivity index (χ3n) is 2.01. The van der Waals surface area contributed by atoms with Crippen molar-refractivity contribution < 1.29 is 9.53 Å². The molecule has 0 spiro atoms. The monoisotopic (exact) mass is 278 g/mol. The van der Waals surface area contributed by atoms with Crippen molar-refractivity contribution in [2.45, 2.75) is 12.5 Å². The van der Waals surface area contributed by atoms with E-state index in [0.717, 1.165) is 0 Å². The third-order valence-corrected chi connectivity index (χ3v) is 2.76. The van der Waals surface area contributed by atoms with Crippen LogP contribution in [0.15, 0.2) is 6.33 Å². The van der Waals surface area contributed by atoms with Crippen LogP contribution in [0.25, 0.3) is 0 Å². The van der Waals surface area contributed by atoms with Gasteiger partial charge in [-0.15, -0.1) is 0 Å². The lowest BCUT2D eigenvalue weighted by molar-refractivity contribution is -0.118. The summed E-state index contributed by atoms with van der Waals surface area (Å²) in [5, 5.41) is 2.69. The highest BCUT2D eigenvalue weighted by Crippen LogP contribution is 2.25. The highest BCUT2D eigenvalue weighted by atomic mass is 35.5. The molecule has 1 atom stereocenters. The number of methoxy groups -OCH3 is 1. The molecule has 3 N–H and O–H groups in total. The van der Waals surface area contributed by atoms with Crippen molar-refractivity contribution in [1.82, 2.24) is 9.97 Å². The van der Waals surface area contributed by atoms with Gasteiger partial charge < -0.3 is 15.8 Å². The van der Waals surface area contributed by atoms with E-state index in [-0.39, 0.29) is 41.0 Å². The summed E-state index contributed by atoms with van der Waals surface area (Å²) in [6.45, 7) is 0.252. The summed E-state index contributed by atoms with van der Waals surface area (Å²) in [4.78, 5) is 19.1. The molecule has 8 heteroatoms. The molecule has 0 saturated carbocycles. The van der Waals surface area contributed by atoms with Gasteiger partial charge >= 0.3 is 0 Å². The first kappa shape index (κ1) is 14.1. The van der Waals surface area contributed by atoms with Gasteiger partial charge in [-0.2, -0.15) is 0 Å². The van der Waals surface area contributed by atoms with Crippen molar-refractivity contribution in [3.8, 4) is 0 Å². The number of nitrogens with one attached hydrogen (secondary N) is 1. The maximum absolute atomic E-state index is 11.6. The van der Waals surface area contributed by atoms with E-state index in [1.807, 2.05) is 0 Å². The molecule has 0 radical (unpaired) electrons. The van der Waals surface area contributed by atoms with Gasteiger partial charge in [-0.3, -0.25) is 4.79 Å². The van der Waals surface area contributed by atoms with Crippen LogP contribution in [0.5, 0.6) is 0 Å². The van der Waals surface area contributed by atoms with E-state index in [2.05, 4.69) is 15.3 Å². The van der Waals surface area contributed by atoms with Gasteiger partial charge in [0.05, 0.1) is 12.5 Å². The molecule has 6 nitrogen and oxygen atoms in total. The molecule has 94 valence electrons. The molecule has 1 heterocycles. The van der Waals surface area contributed by atoms with Gasteiger partial charge in [-0.25, -0.2) is 9.97 Å². The van der Waals surface area contributed by atoms with E-state index < -0.39 is 0 Å². The Bertz CT molecular complexity index is 399. The number of carbonyl (C=O) groups excluding carboxylic acids is 1. The van der Waals surface area contributed by atoms with E-state index in [1.165, 1.54) is 13.4 Å². The lowest BCUT2D eigenvalue weighted by Gasteiger charge is -2.12. The molecule has 0 aliphatic carbocycles. The number of nitrogens with two attached hydrogens (primary N) is 1. The molecular weight excluding hydrogens is 267 g/mol. The largest absolute Gasteiger partial charge is 0.380 e. The number of amides is 1. The number of halogens is 2. The maximum Gasteiger partial charge on any atom is 0.228 e. The fourth-order valence-corrected chi connectivity index (χ4v) is 1.37. The van der Waals surface area contributed by atoms with Gasteiger partial charge in [-0.1, -0.05) is 23.2 Å². The predicted octanol–water partition coefficient (Wildman–Crippen LogP) is 1.09. The quantitative estimate of drug-likeness (QED) is 0.787. The molecule has 0 bridgehead atoms. The van der Waals surface area contributed by atoms with Crippen LogP contribution in [0.4, 0.5) is 5.82 Å². The highest BCUT2D eigenvalue weighted by molar-refractivity contribution is 6.42. The molecule has 0 aromatic carbocycles. The van der Waals surface area contributed by atoms with Crippen molar-refractivity contribution in [3.05, 3.63) is 16.5 Å². The number of aromatic nitrogens is 2. The zero-order chi connectivity index (χ0) is 12.8. The minimum Gasteiger partial charge on any atom is -0.380 e. The first-order valence-electron chi connectivity index (χ1n) is 4.77. The Morgan fingerprint density at radius 3 is 2.88 bits per heavy atom. The minimum absolute atomic E-state index is 0.0825. The SMILES string of the molecule is COC(CN)CC(=O)Nc1ncnc(Cl)c1Cl. The summed E-state index contributed by atoms with van der Waals surface area (Å²) in [7, 11) is 1.49. The van der Waals surface area contributed by atoms with E-state index in [0.29, 0.717) is 0 Å². The molecule has 0 saturated heterocycles. The van der Waals surface area contributed by atoms with Gasteiger partial charge in [0, 0.05) is 13.7 Å². The smallest absolute Gasteiger partial charge is 0.228 e. The van der Waals surface area contributed by atoms with Gasteiger partial charge in [-0.05, 0) is 0 Å². The molecule has 0 aliphatic heterocycles. The Kier molecular flexibility index (Phi) is 5.57. The highest BCUT2D eigenvalue weighted by Gasteiger charge is 2.14. The summed E-state index contributed by atoms with van der Waals surface area (Å²) in [5.41, 5.74) is 5.40.